The second-order valence-electron chi connectivity index (χ2n) is 9.92. The molecule has 11 heteroatoms. The summed E-state index contributed by atoms with van der Waals surface area (Å²) < 4.78 is 5.06. The summed E-state index contributed by atoms with van der Waals surface area (Å²) in [7, 11) is 0. The molecule has 3 amide bonds. The highest BCUT2D eigenvalue weighted by Gasteiger charge is 2.35. The Balaban J connectivity index is 1.91. The molecule has 1 saturated heterocycles. The third-order valence-electron chi connectivity index (χ3n) is 5.82. The Hall–Kier alpha value is -3.60. The molecule has 0 saturated carbocycles. The molecule has 0 aromatic carbocycles. The Kier molecular flexibility index (Phi) is 12.6. The van der Waals surface area contributed by atoms with Gasteiger partial charge in [-0.3, -0.25) is 29.2 Å². The van der Waals surface area contributed by atoms with Crippen molar-refractivity contribution in [1.82, 2.24) is 26.1 Å². The third kappa shape index (κ3) is 10.4. The molecular weight excluding hydrogens is 490 g/mol. The first-order valence-corrected chi connectivity index (χ1v) is 13.0. The SMILES string of the molecule is CC(C)CC(=O)NCCC(=O)N1NCCC[C@H]1C(=O)N[C@H](C(=O)COC(=O)/C=C/c1ccccn1)C(C)C. The summed E-state index contributed by atoms with van der Waals surface area (Å²) in [6.45, 7) is 7.61. The van der Waals surface area contributed by atoms with Gasteiger partial charge in [0.15, 0.2) is 12.4 Å². The van der Waals surface area contributed by atoms with Crippen molar-refractivity contribution in [2.24, 2.45) is 11.8 Å². The fourth-order valence-corrected chi connectivity index (χ4v) is 3.89. The molecule has 2 rings (SSSR count). The Morgan fingerprint density at radius 3 is 2.61 bits per heavy atom. The van der Waals surface area contributed by atoms with Gasteiger partial charge < -0.3 is 15.4 Å². The zero-order valence-corrected chi connectivity index (χ0v) is 22.6. The van der Waals surface area contributed by atoms with E-state index in [0.717, 1.165) is 0 Å². The van der Waals surface area contributed by atoms with Crippen LogP contribution < -0.4 is 16.1 Å². The summed E-state index contributed by atoms with van der Waals surface area (Å²) in [5.74, 6) is -2.13. The summed E-state index contributed by atoms with van der Waals surface area (Å²) in [6.07, 6.45) is 5.76. The van der Waals surface area contributed by atoms with Gasteiger partial charge in [0.2, 0.25) is 17.7 Å². The molecule has 38 heavy (non-hydrogen) atoms. The van der Waals surface area contributed by atoms with Crippen molar-refractivity contribution in [1.29, 1.82) is 0 Å². The van der Waals surface area contributed by atoms with E-state index >= 15 is 0 Å². The molecule has 0 aliphatic carbocycles. The van der Waals surface area contributed by atoms with Gasteiger partial charge in [0.1, 0.15) is 6.04 Å². The summed E-state index contributed by atoms with van der Waals surface area (Å²) >= 11 is 0. The summed E-state index contributed by atoms with van der Waals surface area (Å²) in [6, 6.07) is 3.54. The smallest absolute Gasteiger partial charge is 0.331 e. The van der Waals surface area contributed by atoms with Gasteiger partial charge >= 0.3 is 5.97 Å². The van der Waals surface area contributed by atoms with Gasteiger partial charge in [0.05, 0.1) is 11.7 Å². The minimum absolute atomic E-state index is 0.0368. The van der Waals surface area contributed by atoms with Crippen molar-refractivity contribution in [2.45, 2.75) is 65.5 Å². The van der Waals surface area contributed by atoms with Crippen LogP contribution in [0.2, 0.25) is 0 Å². The van der Waals surface area contributed by atoms with Crippen LogP contribution in [0.25, 0.3) is 6.08 Å². The first-order valence-electron chi connectivity index (χ1n) is 13.0. The van der Waals surface area contributed by atoms with Crippen LogP contribution >= 0.6 is 0 Å². The van der Waals surface area contributed by atoms with Crippen LogP contribution in [-0.4, -0.2) is 71.2 Å². The van der Waals surface area contributed by atoms with E-state index in [-0.39, 0.29) is 36.6 Å². The van der Waals surface area contributed by atoms with Crippen LogP contribution in [0.5, 0.6) is 0 Å². The van der Waals surface area contributed by atoms with E-state index in [0.29, 0.717) is 31.5 Å². The first kappa shape index (κ1) is 30.6. The van der Waals surface area contributed by atoms with E-state index < -0.39 is 36.4 Å². The minimum atomic E-state index is -0.899. The molecule has 1 aromatic rings. The van der Waals surface area contributed by atoms with E-state index in [1.54, 1.807) is 38.2 Å². The molecule has 2 atom stereocenters. The minimum Gasteiger partial charge on any atom is -0.454 e. The van der Waals surface area contributed by atoms with Crippen LogP contribution in [0.3, 0.4) is 0 Å². The van der Waals surface area contributed by atoms with Crippen LogP contribution in [0.1, 0.15) is 59.1 Å². The molecule has 0 radical (unpaired) electrons. The Morgan fingerprint density at radius 2 is 1.95 bits per heavy atom. The molecule has 0 bridgehead atoms. The number of nitrogens with zero attached hydrogens (tertiary/aromatic N) is 2. The zero-order chi connectivity index (χ0) is 28.1. The maximum absolute atomic E-state index is 13.1. The van der Waals surface area contributed by atoms with Crippen molar-refractivity contribution >= 4 is 35.6 Å². The number of ether oxygens (including phenoxy) is 1. The van der Waals surface area contributed by atoms with Gasteiger partial charge in [0.25, 0.3) is 0 Å². The fourth-order valence-electron chi connectivity index (χ4n) is 3.89. The Morgan fingerprint density at radius 1 is 1.18 bits per heavy atom. The average Bonchev–Trinajstić information content (AvgIpc) is 2.88. The number of rotatable bonds is 13. The van der Waals surface area contributed by atoms with Gasteiger partial charge in [0, 0.05) is 38.2 Å². The van der Waals surface area contributed by atoms with Crippen molar-refractivity contribution in [3.63, 3.8) is 0 Å². The molecule has 1 aliphatic heterocycles. The lowest BCUT2D eigenvalue weighted by atomic mass is 9.98. The molecule has 3 N–H and O–H groups in total. The molecule has 1 aromatic heterocycles. The van der Waals surface area contributed by atoms with Crippen molar-refractivity contribution in [3.05, 3.63) is 36.2 Å². The van der Waals surface area contributed by atoms with E-state index in [1.165, 1.54) is 17.2 Å². The second-order valence-corrected chi connectivity index (χ2v) is 9.92. The number of hydrazine groups is 1. The lowest BCUT2D eigenvalue weighted by Gasteiger charge is -2.36. The number of nitrogens with one attached hydrogen (secondary N) is 3. The molecule has 2 heterocycles. The Labute approximate surface area is 223 Å². The van der Waals surface area contributed by atoms with Gasteiger partial charge in [-0.25, -0.2) is 10.2 Å². The van der Waals surface area contributed by atoms with Gasteiger partial charge in [-0.15, -0.1) is 0 Å². The van der Waals surface area contributed by atoms with Crippen LogP contribution in [-0.2, 0) is 28.7 Å². The number of carbonyl (C=O) groups excluding carboxylic acids is 5. The Bertz CT molecular complexity index is 995. The highest BCUT2D eigenvalue weighted by Crippen LogP contribution is 2.14. The van der Waals surface area contributed by atoms with Crippen LogP contribution in [0.15, 0.2) is 30.5 Å². The number of pyridine rings is 1. The van der Waals surface area contributed by atoms with Crippen LogP contribution in [0, 0.1) is 11.8 Å². The monoisotopic (exact) mass is 529 g/mol. The van der Waals surface area contributed by atoms with E-state index in [1.807, 2.05) is 13.8 Å². The fraction of sp³-hybridized carbons (Fsp3) is 0.556. The number of amides is 3. The number of ketones is 1. The lowest BCUT2D eigenvalue weighted by molar-refractivity contribution is -0.148. The number of aromatic nitrogens is 1. The standard InChI is InChI=1S/C27H39N5O6/c1-18(2)16-23(34)29-15-12-24(35)32-21(9-7-14-30-32)27(37)31-26(19(3)4)22(33)17-38-25(36)11-10-20-8-5-6-13-28-20/h5-6,8,10-11,13,18-19,21,26,30H,7,9,12,14-17H2,1-4H3,(H,29,34)(H,31,37)/b11-10+/t21-,26-/m0/s1. The van der Waals surface area contributed by atoms with Crippen LogP contribution in [0.4, 0.5) is 0 Å². The van der Waals surface area contributed by atoms with E-state index in [4.69, 9.17) is 4.74 Å². The highest BCUT2D eigenvalue weighted by molar-refractivity contribution is 5.95. The normalized spacial score (nSPS) is 16.4. The topological polar surface area (TPSA) is 147 Å². The summed E-state index contributed by atoms with van der Waals surface area (Å²) in [4.78, 5) is 66.7. The van der Waals surface area contributed by atoms with Crippen molar-refractivity contribution < 1.29 is 28.7 Å². The number of hydrogen-bond acceptors (Lipinski definition) is 8. The quantitative estimate of drug-likeness (QED) is 0.257. The van der Waals surface area contributed by atoms with E-state index in [2.05, 4.69) is 21.0 Å². The van der Waals surface area contributed by atoms with Crippen molar-refractivity contribution in [3.8, 4) is 0 Å². The summed E-state index contributed by atoms with van der Waals surface area (Å²) in [5.41, 5.74) is 3.53. The number of Topliss-reactive ketones (excluding diaryl/α,β-unsaturated/α-hetero) is 1. The van der Waals surface area contributed by atoms with Gasteiger partial charge in [-0.1, -0.05) is 33.8 Å². The maximum Gasteiger partial charge on any atom is 0.331 e. The third-order valence-corrected chi connectivity index (χ3v) is 5.82. The van der Waals surface area contributed by atoms with E-state index in [9.17, 15) is 24.0 Å². The highest BCUT2D eigenvalue weighted by atomic mass is 16.5. The molecule has 1 fully saturated rings. The zero-order valence-electron chi connectivity index (χ0n) is 22.6. The number of esters is 1. The largest absolute Gasteiger partial charge is 0.454 e. The van der Waals surface area contributed by atoms with Gasteiger partial charge in [-0.05, 0) is 42.9 Å². The predicted molar refractivity (Wildman–Crippen MR) is 141 cm³/mol. The van der Waals surface area contributed by atoms with Gasteiger partial charge in [-0.2, -0.15) is 0 Å². The predicted octanol–water partition coefficient (Wildman–Crippen LogP) is 1.40. The molecule has 208 valence electrons. The maximum atomic E-state index is 13.1. The van der Waals surface area contributed by atoms with Crippen molar-refractivity contribution in [2.75, 3.05) is 19.7 Å². The number of carbonyl (C=O) groups is 5. The molecule has 0 spiro atoms. The molecule has 0 unspecified atom stereocenters. The molecule has 11 nitrogen and oxygen atoms in total. The summed E-state index contributed by atoms with van der Waals surface area (Å²) in [5, 5.41) is 6.75. The molecular formula is C27H39N5O6. The average molecular weight is 530 g/mol. The molecule has 1 aliphatic rings. The lowest BCUT2D eigenvalue weighted by Crippen LogP contribution is -2.61. The number of hydrogen-bond donors (Lipinski definition) is 3. The first-order chi connectivity index (χ1) is 18.1. The second kappa shape index (κ2) is 15.6.